The molecule has 22 heavy (non-hydrogen) atoms. The Bertz CT molecular complexity index is 683. The smallest absolute Gasteiger partial charge is 0.322 e. The number of nitrogens with zero attached hydrogens (tertiary/aromatic N) is 2. The van der Waals surface area contributed by atoms with Gasteiger partial charge in [-0.15, -0.1) is 5.10 Å². The van der Waals surface area contributed by atoms with Crippen molar-refractivity contribution in [2.45, 2.75) is 13.3 Å². The van der Waals surface area contributed by atoms with Crippen molar-refractivity contribution in [3.8, 4) is 11.5 Å². The van der Waals surface area contributed by atoms with E-state index in [4.69, 9.17) is 9.15 Å². The van der Waals surface area contributed by atoms with Crippen LogP contribution < -0.4 is 5.32 Å². The fraction of sp³-hybridized carbons (Fsp3) is 0.333. The van der Waals surface area contributed by atoms with E-state index in [9.17, 15) is 9.59 Å². The lowest BCUT2D eigenvalue weighted by atomic mass is 10.2. The van der Waals surface area contributed by atoms with E-state index < -0.39 is 5.91 Å². The zero-order chi connectivity index (χ0) is 15.5. The molecule has 0 spiro atoms. The first kappa shape index (κ1) is 14.2. The van der Waals surface area contributed by atoms with Crippen LogP contribution >= 0.6 is 0 Å². The van der Waals surface area contributed by atoms with Gasteiger partial charge in [0.25, 0.3) is 5.91 Å². The molecule has 1 aromatic carbocycles. The number of rotatable bonds is 5. The number of ether oxygens (including phenoxy) is 1. The number of anilines is 1. The summed E-state index contributed by atoms with van der Waals surface area (Å²) in [6.45, 7) is 1.61. The number of esters is 1. The van der Waals surface area contributed by atoms with Crippen LogP contribution in [0.25, 0.3) is 11.5 Å². The van der Waals surface area contributed by atoms with Crippen molar-refractivity contribution < 1.29 is 18.7 Å². The van der Waals surface area contributed by atoms with Gasteiger partial charge in [0.1, 0.15) is 0 Å². The summed E-state index contributed by atoms with van der Waals surface area (Å²) in [5.41, 5.74) is 0.754. The Balaban J connectivity index is 1.52. The number of hydrogen-bond acceptors (Lipinski definition) is 6. The third kappa shape index (κ3) is 3.30. The Hall–Kier alpha value is -2.70. The van der Waals surface area contributed by atoms with Gasteiger partial charge in [-0.05, 0) is 24.5 Å². The van der Waals surface area contributed by atoms with Crippen LogP contribution in [0.2, 0.25) is 0 Å². The van der Waals surface area contributed by atoms with Gasteiger partial charge in [0.15, 0.2) is 6.61 Å². The van der Waals surface area contributed by atoms with Crippen LogP contribution in [0.1, 0.15) is 13.3 Å². The molecule has 0 saturated heterocycles. The maximum atomic E-state index is 11.7. The zero-order valence-electron chi connectivity index (χ0n) is 12.0. The van der Waals surface area contributed by atoms with E-state index in [1.54, 1.807) is 0 Å². The number of hydrogen-bond donors (Lipinski definition) is 1. The minimum atomic E-state index is -0.509. The molecule has 1 aliphatic rings. The fourth-order valence-corrected chi connectivity index (χ4v) is 2.02. The Kier molecular flexibility index (Phi) is 3.86. The molecule has 2 aromatic rings. The van der Waals surface area contributed by atoms with E-state index >= 15 is 0 Å². The van der Waals surface area contributed by atoms with E-state index in [1.165, 1.54) is 0 Å². The van der Waals surface area contributed by atoms with Crippen LogP contribution in [0.5, 0.6) is 0 Å². The highest BCUT2D eigenvalue weighted by Crippen LogP contribution is 2.38. The Morgan fingerprint density at radius 2 is 2.05 bits per heavy atom. The van der Waals surface area contributed by atoms with Crippen molar-refractivity contribution in [1.29, 1.82) is 0 Å². The molecule has 0 radical (unpaired) electrons. The summed E-state index contributed by atoms with van der Waals surface area (Å²) in [5.74, 6) is -0.261. The second kappa shape index (κ2) is 5.97. The predicted octanol–water partition coefficient (Wildman–Crippen LogP) is 1.87. The average molecular weight is 301 g/mol. The molecular formula is C15H15N3O4. The Labute approximate surface area is 126 Å². The van der Waals surface area contributed by atoms with Gasteiger partial charge in [-0.3, -0.25) is 14.9 Å². The third-order valence-corrected chi connectivity index (χ3v) is 3.45. The molecule has 0 unspecified atom stereocenters. The summed E-state index contributed by atoms with van der Waals surface area (Å²) in [7, 11) is 0. The highest BCUT2D eigenvalue weighted by atomic mass is 16.5. The van der Waals surface area contributed by atoms with Crippen LogP contribution in [-0.4, -0.2) is 28.7 Å². The second-order valence-electron chi connectivity index (χ2n) is 5.25. The SMILES string of the molecule is C[C@@H]1C[C@@H]1C(=O)OCC(=O)Nc1nnc(-c2ccccc2)o1. The van der Waals surface area contributed by atoms with Gasteiger partial charge >= 0.3 is 12.0 Å². The first-order chi connectivity index (χ1) is 10.6. The van der Waals surface area contributed by atoms with Gasteiger partial charge in [-0.25, -0.2) is 0 Å². The van der Waals surface area contributed by atoms with Crippen molar-refractivity contribution >= 4 is 17.9 Å². The fourth-order valence-electron chi connectivity index (χ4n) is 2.02. The van der Waals surface area contributed by atoms with Crippen LogP contribution in [0, 0.1) is 11.8 Å². The minimum Gasteiger partial charge on any atom is -0.455 e. The number of carbonyl (C=O) groups excluding carboxylic acids is 2. The summed E-state index contributed by atoms with van der Waals surface area (Å²) in [5, 5.41) is 9.98. The maximum absolute atomic E-state index is 11.7. The van der Waals surface area contributed by atoms with Crippen molar-refractivity contribution in [3.63, 3.8) is 0 Å². The maximum Gasteiger partial charge on any atom is 0.322 e. The summed E-state index contributed by atoms with van der Waals surface area (Å²) in [6, 6.07) is 9.17. The van der Waals surface area contributed by atoms with Crippen LogP contribution in [0.3, 0.4) is 0 Å². The summed E-state index contributed by atoms with van der Waals surface area (Å²) < 4.78 is 10.3. The van der Waals surface area contributed by atoms with Crippen molar-refractivity contribution in [2.75, 3.05) is 11.9 Å². The first-order valence-electron chi connectivity index (χ1n) is 6.99. The van der Waals surface area contributed by atoms with Gasteiger partial charge < -0.3 is 9.15 Å². The Morgan fingerprint density at radius 1 is 1.32 bits per heavy atom. The lowest BCUT2D eigenvalue weighted by Crippen LogP contribution is -2.21. The van der Waals surface area contributed by atoms with E-state index in [-0.39, 0.29) is 24.5 Å². The molecule has 7 nitrogen and oxygen atoms in total. The van der Waals surface area contributed by atoms with Crippen LogP contribution in [0.4, 0.5) is 6.01 Å². The first-order valence-corrected chi connectivity index (χ1v) is 6.99. The largest absolute Gasteiger partial charge is 0.455 e. The van der Waals surface area contributed by atoms with Gasteiger partial charge in [0.2, 0.25) is 5.89 Å². The molecule has 1 fully saturated rings. The van der Waals surface area contributed by atoms with Crippen molar-refractivity contribution in [1.82, 2.24) is 10.2 Å². The molecule has 114 valence electrons. The number of amides is 1. The molecule has 1 N–H and O–H groups in total. The van der Waals surface area contributed by atoms with Crippen molar-refractivity contribution in [2.24, 2.45) is 11.8 Å². The second-order valence-corrected chi connectivity index (χ2v) is 5.25. The highest BCUT2D eigenvalue weighted by molar-refractivity contribution is 5.91. The van der Waals surface area contributed by atoms with Crippen molar-refractivity contribution in [3.05, 3.63) is 30.3 Å². The van der Waals surface area contributed by atoms with Gasteiger partial charge in [-0.1, -0.05) is 30.2 Å². The molecule has 2 atom stereocenters. The molecule has 0 aliphatic heterocycles. The summed E-state index contributed by atoms with van der Waals surface area (Å²) in [4.78, 5) is 23.2. The van der Waals surface area contributed by atoms with E-state index in [0.717, 1.165) is 12.0 Å². The van der Waals surface area contributed by atoms with Crippen LogP contribution in [0.15, 0.2) is 34.7 Å². The molecule has 1 heterocycles. The quantitative estimate of drug-likeness (QED) is 0.847. The standard InChI is InChI=1S/C15H15N3O4/c1-9-7-11(9)14(20)21-8-12(19)16-15-18-17-13(22-15)10-5-3-2-4-6-10/h2-6,9,11H,7-8H2,1H3,(H,16,18,19)/t9-,11+/m1/s1. The lowest BCUT2D eigenvalue weighted by molar-refractivity contribution is -0.148. The molecule has 1 aliphatic carbocycles. The minimum absolute atomic E-state index is 0.0281. The molecule has 3 rings (SSSR count). The average Bonchev–Trinajstić information content (AvgIpc) is 3.08. The molecule has 7 heteroatoms. The molecular weight excluding hydrogens is 286 g/mol. The van der Waals surface area contributed by atoms with E-state index in [2.05, 4.69) is 15.5 Å². The number of carbonyl (C=O) groups is 2. The lowest BCUT2D eigenvalue weighted by Gasteiger charge is -2.02. The van der Waals surface area contributed by atoms with E-state index in [1.807, 2.05) is 37.3 Å². The monoisotopic (exact) mass is 301 g/mol. The topological polar surface area (TPSA) is 94.3 Å². The molecule has 1 amide bonds. The number of benzene rings is 1. The highest BCUT2D eigenvalue weighted by Gasteiger charge is 2.40. The zero-order valence-corrected chi connectivity index (χ0v) is 12.0. The molecule has 1 saturated carbocycles. The third-order valence-electron chi connectivity index (χ3n) is 3.45. The molecule has 0 bridgehead atoms. The van der Waals surface area contributed by atoms with Gasteiger partial charge in [0, 0.05) is 5.56 Å². The normalized spacial score (nSPS) is 19.5. The number of nitrogens with one attached hydrogen (secondary N) is 1. The summed E-state index contributed by atoms with van der Waals surface area (Å²) in [6.07, 6.45) is 0.824. The molecule has 1 aromatic heterocycles. The predicted molar refractivity (Wildman–Crippen MR) is 76.6 cm³/mol. The van der Waals surface area contributed by atoms with Crippen LogP contribution in [-0.2, 0) is 14.3 Å². The summed E-state index contributed by atoms with van der Waals surface area (Å²) >= 11 is 0. The number of aromatic nitrogens is 2. The van der Waals surface area contributed by atoms with E-state index in [0.29, 0.717) is 11.8 Å². The Morgan fingerprint density at radius 3 is 2.73 bits per heavy atom. The van der Waals surface area contributed by atoms with Gasteiger partial charge in [-0.2, -0.15) is 0 Å². The van der Waals surface area contributed by atoms with Gasteiger partial charge in [0.05, 0.1) is 5.92 Å².